The van der Waals surface area contributed by atoms with Crippen LogP contribution in [0.3, 0.4) is 0 Å². The van der Waals surface area contributed by atoms with E-state index < -0.39 is 5.97 Å². The maximum Gasteiger partial charge on any atom is 0.303 e. The van der Waals surface area contributed by atoms with E-state index in [-0.39, 0.29) is 17.0 Å². The lowest BCUT2D eigenvalue weighted by atomic mass is 10.1. The van der Waals surface area contributed by atoms with Crippen LogP contribution in [-0.2, 0) is 4.79 Å². The third-order valence-electron chi connectivity index (χ3n) is 4.19. The highest BCUT2D eigenvalue weighted by atomic mass is 79.9. The van der Waals surface area contributed by atoms with Crippen molar-refractivity contribution in [3.8, 4) is 0 Å². The third-order valence-corrected chi connectivity index (χ3v) is 4.19. The Balaban J connectivity index is 0. The second kappa shape index (κ2) is 14.8. The Morgan fingerprint density at radius 2 is 1.24 bits per heavy atom. The predicted molar refractivity (Wildman–Crippen MR) is 85.9 cm³/mol. The summed E-state index contributed by atoms with van der Waals surface area (Å²) in [5, 5.41) is 8.59. The van der Waals surface area contributed by atoms with E-state index in [0.29, 0.717) is 6.42 Å². The smallest absolute Gasteiger partial charge is 0.303 e. The van der Waals surface area contributed by atoms with Gasteiger partial charge in [0.2, 0.25) is 0 Å². The average Bonchev–Trinajstić information content (AvgIpc) is 2.42. The summed E-state index contributed by atoms with van der Waals surface area (Å²) in [7, 11) is 2.41. The molecule has 0 rings (SSSR count). The van der Waals surface area contributed by atoms with Crippen molar-refractivity contribution in [2.45, 2.75) is 78.1 Å². The van der Waals surface area contributed by atoms with Crippen molar-refractivity contribution in [3.05, 3.63) is 0 Å². The van der Waals surface area contributed by atoms with Gasteiger partial charge in [0.15, 0.2) is 0 Å². The number of hydrogen-bond donors (Lipinski definition) is 1. The van der Waals surface area contributed by atoms with Gasteiger partial charge in [0.1, 0.15) is 0 Å². The van der Waals surface area contributed by atoms with Gasteiger partial charge < -0.3 is 26.6 Å². The SMILES string of the molecule is CCCC[N+](C)(CCCC)CCCCCCCC(=O)O.[Br-]. The van der Waals surface area contributed by atoms with Gasteiger partial charge in [-0.2, -0.15) is 0 Å². The lowest BCUT2D eigenvalue weighted by molar-refractivity contribution is -0.910. The maximum atomic E-state index is 10.4. The van der Waals surface area contributed by atoms with E-state index >= 15 is 0 Å². The molecule has 0 atom stereocenters. The van der Waals surface area contributed by atoms with E-state index in [1.165, 1.54) is 69.1 Å². The Labute approximate surface area is 142 Å². The molecule has 1 N–H and O–H groups in total. The van der Waals surface area contributed by atoms with Crippen LogP contribution in [0, 0.1) is 0 Å². The zero-order valence-electron chi connectivity index (χ0n) is 14.4. The Morgan fingerprint density at radius 3 is 1.71 bits per heavy atom. The Kier molecular flexibility index (Phi) is 16.4. The summed E-state index contributed by atoms with van der Waals surface area (Å²) < 4.78 is 1.23. The van der Waals surface area contributed by atoms with E-state index in [0.717, 1.165) is 12.8 Å². The second-order valence-electron chi connectivity index (χ2n) is 6.41. The number of unbranched alkanes of at least 4 members (excludes halogenated alkanes) is 6. The Morgan fingerprint density at radius 1 is 0.810 bits per heavy atom. The molecule has 0 radical (unpaired) electrons. The number of nitrogens with zero attached hydrogens (tertiary/aromatic N) is 1. The van der Waals surface area contributed by atoms with E-state index in [1.807, 2.05) is 0 Å². The molecule has 0 aromatic rings. The first kappa shape index (κ1) is 23.2. The van der Waals surface area contributed by atoms with Gasteiger partial charge in [0, 0.05) is 6.42 Å². The van der Waals surface area contributed by atoms with Crippen LogP contribution in [0.15, 0.2) is 0 Å². The molecule has 0 aromatic carbocycles. The minimum absolute atomic E-state index is 0. The summed E-state index contributed by atoms with van der Waals surface area (Å²) in [6, 6.07) is 0. The number of rotatable bonds is 14. The summed E-state index contributed by atoms with van der Waals surface area (Å²) in [5.74, 6) is -0.659. The van der Waals surface area contributed by atoms with Crippen LogP contribution in [0.4, 0.5) is 0 Å². The normalized spacial score (nSPS) is 11.2. The second-order valence-corrected chi connectivity index (χ2v) is 6.41. The summed E-state index contributed by atoms with van der Waals surface area (Å²) in [4.78, 5) is 10.4. The Bertz CT molecular complexity index is 239. The fraction of sp³-hybridized carbons (Fsp3) is 0.941. The molecule has 0 unspecified atom stereocenters. The molecule has 0 saturated carbocycles. The first-order valence-corrected chi connectivity index (χ1v) is 8.59. The van der Waals surface area contributed by atoms with Crippen molar-refractivity contribution in [2.24, 2.45) is 0 Å². The molecular weight excluding hydrogens is 330 g/mol. The standard InChI is InChI=1S/C17H35NO2.BrH/c1-4-6-14-18(3,15-7-5-2)16-12-10-8-9-11-13-17(19)20;/h4-16H2,1-3H3;1H. The van der Waals surface area contributed by atoms with Crippen LogP contribution < -0.4 is 17.0 Å². The third kappa shape index (κ3) is 14.6. The number of halogens is 1. The number of carbonyl (C=O) groups is 1. The first-order valence-electron chi connectivity index (χ1n) is 8.59. The molecule has 0 heterocycles. The quantitative estimate of drug-likeness (QED) is 0.373. The highest BCUT2D eigenvalue weighted by Gasteiger charge is 2.19. The van der Waals surface area contributed by atoms with Crippen LogP contribution in [0.25, 0.3) is 0 Å². The van der Waals surface area contributed by atoms with Gasteiger partial charge >= 0.3 is 5.97 Å². The zero-order valence-corrected chi connectivity index (χ0v) is 16.0. The van der Waals surface area contributed by atoms with Crippen molar-refractivity contribution in [1.82, 2.24) is 0 Å². The number of carboxylic acid groups (broad SMARTS) is 1. The largest absolute Gasteiger partial charge is 1.00 e. The van der Waals surface area contributed by atoms with Crippen LogP contribution in [0.2, 0.25) is 0 Å². The predicted octanol–water partition coefficient (Wildman–Crippen LogP) is 1.46. The molecule has 0 fully saturated rings. The first-order chi connectivity index (χ1) is 9.54. The van der Waals surface area contributed by atoms with Crippen molar-refractivity contribution >= 4 is 5.97 Å². The molecule has 0 spiro atoms. The molecular formula is C17H36BrNO2. The molecule has 3 nitrogen and oxygen atoms in total. The van der Waals surface area contributed by atoms with Gasteiger partial charge in [-0.05, 0) is 32.1 Å². The van der Waals surface area contributed by atoms with E-state index in [4.69, 9.17) is 5.11 Å². The van der Waals surface area contributed by atoms with Gasteiger partial charge in [0.25, 0.3) is 0 Å². The molecule has 0 aliphatic rings. The lowest BCUT2D eigenvalue weighted by Crippen LogP contribution is -3.00. The number of carboxylic acids is 1. The summed E-state index contributed by atoms with van der Waals surface area (Å²) in [5.41, 5.74) is 0. The molecule has 0 aromatic heterocycles. The van der Waals surface area contributed by atoms with Crippen LogP contribution in [-0.4, -0.2) is 42.2 Å². The molecule has 0 aliphatic heterocycles. The monoisotopic (exact) mass is 365 g/mol. The highest BCUT2D eigenvalue weighted by molar-refractivity contribution is 5.66. The fourth-order valence-electron chi connectivity index (χ4n) is 2.72. The fourth-order valence-corrected chi connectivity index (χ4v) is 2.72. The summed E-state index contributed by atoms with van der Waals surface area (Å²) >= 11 is 0. The molecule has 0 saturated heterocycles. The van der Waals surface area contributed by atoms with Crippen LogP contribution >= 0.6 is 0 Å². The minimum Gasteiger partial charge on any atom is -1.00 e. The van der Waals surface area contributed by atoms with Crippen LogP contribution in [0.5, 0.6) is 0 Å². The summed E-state index contributed by atoms with van der Waals surface area (Å²) in [6.45, 7) is 8.46. The van der Waals surface area contributed by atoms with Crippen molar-refractivity contribution in [1.29, 1.82) is 0 Å². The van der Waals surface area contributed by atoms with Crippen LogP contribution in [0.1, 0.15) is 78.1 Å². The Hall–Kier alpha value is -0.0900. The van der Waals surface area contributed by atoms with Crippen molar-refractivity contribution in [3.63, 3.8) is 0 Å². The van der Waals surface area contributed by atoms with E-state index in [2.05, 4.69) is 20.9 Å². The van der Waals surface area contributed by atoms with Gasteiger partial charge in [0.05, 0.1) is 26.7 Å². The molecule has 21 heavy (non-hydrogen) atoms. The number of quaternary nitrogens is 1. The lowest BCUT2D eigenvalue weighted by Gasteiger charge is -2.35. The molecule has 0 bridgehead atoms. The number of hydrogen-bond acceptors (Lipinski definition) is 1. The minimum atomic E-state index is -0.659. The van der Waals surface area contributed by atoms with Gasteiger partial charge in [-0.15, -0.1) is 0 Å². The van der Waals surface area contributed by atoms with E-state index in [1.54, 1.807) is 0 Å². The highest BCUT2D eigenvalue weighted by Crippen LogP contribution is 2.13. The molecule has 0 amide bonds. The van der Waals surface area contributed by atoms with Crippen molar-refractivity contribution < 1.29 is 31.4 Å². The molecule has 0 aliphatic carbocycles. The zero-order chi connectivity index (χ0) is 15.3. The average molecular weight is 366 g/mol. The maximum absolute atomic E-state index is 10.4. The van der Waals surface area contributed by atoms with Gasteiger partial charge in [-0.25, -0.2) is 0 Å². The molecule has 4 heteroatoms. The number of aliphatic carboxylic acids is 1. The topological polar surface area (TPSA) is 37.3 Å². The van der Waals surface area contributed by atoms with Gasteiger partial charge in [-0.1, -0.05) is 39.5 Å². The molecule has 128 valence electrons. The van der Waals surface area contributed by atoms with Crippen molar-refractivity contribution in [2.75, 3.05) is 26.7 Å². The summed E-state index contributed by atoms with van der Waals surface area (Å²) in [6.07, 6.45) is 11.2. The van der Waals surface area contributed by atoms with Gasteiger partial charge in [-0.3, -0.25) is 4.79 Å². The van der Waals surface area contributed by atoms with E-state index in [9.17, 15) is 4.79 Å².